The highest BCUT2D eigenvalue weighted by atomic mass is 15.2. The lowest BCUT2D eigenvalue weighted by Gasteiger charge is -2.29. The number of para-hydroxylation sites is 2. The molecule has 266 valence electrons. The minimum absolute atomic E-state index is 0.229. The Balaban J connectivity index is 0.938. The minimum atomic E-state index is 0.229. The zero-order valence-corrected chi connectivity index (χ0v) is 31.0. The number of nitrogens with zero attached hydrogens (tertiary/aromatic N) is 2. The van der Waals surface area contributed by atoms with Crippen molar-refractivity contribution in [1.29, 1.82) is 0 Å². The van der Waals surface area contributed by atoms with Crippen molar-refractivity contribution < 1.29 is 0 Å². The molecule has 0 fully saturated rings. The molecule has 0 radical (unpaired) electrons. The van der Waals surface area contributed by atoms with Gasteiger partial charge < -0.3 is 9.80 Å². The van der Waals surface area contributed by atoms with E-state index in [0.717, 1.165) is 17.1 Å². The summed E-state index contributed by atoms with van der Waals surface area (Å²) in [7, 11) is 0. The maximum Gasteiger partial charge on any atom is 0.0630 e. The van der Waals surface area contributed by atoms with E-state index in [4.69, 9.17) is 0 Å². The number of hydrogen-bond donors (Lipinski definition) is 0. The molecule has 1 aliphatic carbocycles. The van der Waals surface area contributed by atoms with E-state index in [1.807, 2.05) is 0 Å². The Kier molecular flexibility index (Phi) is 8.70. The molecule has 2 unspecified atom stereocenters. The van der Waals surface area contributed by atoms with E-state index in [0.29, 0.717) is 0 Å². The lowest BCUT2D eigenvalue weighted by atomic mass is 9.85. The van der Waals surface area contributed by atoms with Gasteiger partial charge in [0.05, 0.1) is 6.04 Å². The van der Waals surface area contributed by atoms with Crippen molar-refractivity contribution in [3.8, 4) is 33.4 Å². The van der Waals surface area contributed by atoms with Gasteiger partial charge in [-0.1, -0.05) is 170 Å². The summed E-state index contributed by atoms with van der Waals surface area (Å²) in [6.45, 7) is 0. The maximum atomic E-state index is 2.50. The van der Waals surface area contributed by atoms with Crippen molar-refractivity contribution in [2.24, 2.45) is 0 Å². The normalized spacial score (nSPS) is 15.5. The molecule has 0 saturated carbocycles. The van der Waals surface area contributed by atoms with Gasteiger partial charge in [0, 0.05) is 34.4 Å². The molecule has 2 nitrogen and oxygen atoms in total. The van der Waals surface area contributed by atoms with Crippen molar-refractivity contribution in [3.63, 3.8) is 0 Å². The third-order valence-electron chi connectivity index (χ3n) is 11.2. The largest absolute Gasteiger partial charge is 0.333 e. The Morgan fingerprint density at radius 1 is 0.375 bits per heavy atom. The van der Waals surface area contributed by atoms with Gasteiger partial charge in [0.1, 0.15) is 0 Å². The Morgan fingerprint density at radius 2 is 0.804 bits per heavy atom. The highest BCUT2D eigenvalue weighted by Gasteiger charge is 2.38. The molecule has 0 bridgehead atoms. The molecule has 0 N–H and O–H groups in total. The van der Waals surface area contributed by atoms with Crippen LogP contribution >= 0.6 is 0 Å². The molecular formula is C54H40N2. The first-order chi connectivity index (χ1) is 27.8. The van der Waals surface area contributed by atoms with Gasteiger partial charge in [0.2, 0.25) is 0 Å². The SMILES string of the molecule is C1=CC2C(C=C1c1ccccc1)c1cc(-c3ccc(-c4ccc(N(c5ccccc5)c5ccc(-c6ccccc6)cc5)cc4)cc3)ccc1N2c1ccccc1. The second-order valence-electron chi connectivity index (χ2n) is 14.6. The van der Waals surface area contributed by atoms with Crippen LogP contribution in [-0.2, 0) is 0 Å². The molecular weight excluding hydrogens is 677 g/mol. The van der Waals surface area contributed by atoms with E-state index in [1.54, 1.807) is 0 Å². The van der Waals surface area contributed by atoms with Crippen molar-refractivity contribution in [3.05, 3.63) is 242 Å². The smallest absolute Gasteiger partial charge is 0.0630 e. The van der Waals surface area contributed by atoms with E-state index in [-0.39, 0.29) is 12.0 Å². The number of allylic oxidation sites excluding steroid dienone is 2. The van der Waals surface area contributed by atoms with E-state index in [2.05, 4.69) is 240 Å². The molecule has 56 heavy (non-hydrogen) atoms. The predicted octanol–water partition coefficient (Wildman–Crippen LogP) is 14.4. The second-order valence-corrected chi connectivity index (χ2v) is 14.6. The molecule has 0 amide bonds. The highest BCUT2D eigenvalue weighted by Crippen LogP contribution is 2.50. The first-order valence-electron chi connectivity index (χ1n) is 19.4. The molecule has 0 spiro atoms. The molecule has 1 heterocycles. The van der Waals surface area contributed by atoms with E-state index >= 15 is 0 Å². The predicted molar refractivity (Wildman–Crippen MR) is 236 cm³/mol. The number of fused-ring (bicyclic) bond motifs is 3. The third-order valence-corrected chi connectivity index (χ3v) is 11.2. The first-order valence-corrected chi connectivity index (χ1v) is 19.4. The Morgan fingerprint density at radius 3 is 1.38 bits per heavy atom. The molecule has 8 aromatic carbocycles. The van der Waals surface area contributed by atoms with Crippen LogP contribution in [0.15, 0.2) is 231 Å². The van der Waals surface area contributed by atoms with E-state index in [9.17, 15) is 0 Å². The monoisotopic (exact) mass is 716 g/mol. The minimum Gasteiger partial charge on any atom is -0.333 e. The molecule has 0 saturated heterocycles. The van der Waals surface area contributed by atoms with Gasteiger partial charge in [-0.3, -0.25) is 0 Å². The summed E-state index contributed by atoms with van der Waals surface area (Å²) < 4.78 is 0. The lowest BCUT2D eigenvalue weighted by Crippen LogP contribution is -2.28. The quantitative estimate of drug-likeness (QED) is 0.154. The maximum absolute atomic E-state index is 2.50. The number of hydrogen-bond acceptors (Lipinski definition) is 2. The van der Waals surface area contributed by atoms with Crippen LogP contribution in [0.25, 0.3) is 39.0 Å². The molecule has 2 aliphatic rings. The van der Waals surface area contributed by atoms with Crippen molar-refractivity contribution >= 4 is 34.0 Å². The average Bonchev–Trinajstić information content (AvgIpc) is 3.61. The molecule has 2 heteroatoms. The fourth-order valence-electron chi connectivity index (χ4n) is 8.41. The summed E-state index contributed by atoms with van der Waals surface area (Å²) in [6, 6.07) is 76.7. The third kappa shape index (κ3) is 6.32. The van der Waals surface area contributed by atoms with Crippen LogP contribution in [0, 0.1) is 0 Å². The molecule has 8 aromatic rings. The summed E-state index contributed by atoms with van der Waals surface area (Å²) >= 11 is 0. The van der Waals surface area contributed by atoms with Crippen LogP contribution in [0.4, 0.5) is 28.4 Å². The summed E-state index contributed by atoms with van der Waals surface area (Å²) in [4.78, 5) is 4.82. The fourth-order valence-corrected chi connectivity index (χ4v) is 8.41. The zero-order valence-electron chi connectivity index (χ0n) is 31.0. The Hall–Kier alpha value is -7.16. The van der Waals surface area contributed by atoms with Gasteiger partial charge in [-0.25, -0.2) is 0 Å². The van der Waals surface area contributed by atoms with Gasteiger partial charge >= 0.3 is 0 Å². The van der Waals surface area contributed by atoms with Crippen LogP contribution in [0.1, 0.15) is 17.0 Å². The van der Waals surface area contributed by atoms with Crippen LogP contribution in [0.3, 0.4) is 0 Å². The van der Waals surface area contributed by atoms with E-state index in [1.165, 1.54) is 61.5 Å². The van der Waals surface area contributed by atoms with Crippen LogP contribution in [0.5, 0.6) is 0 Å². The van der Waals surface area contributed by atoms with Crippen molar-refractivity contribution in [2.45, 2.75) is 12.0 Å². The fraction of sp³-hybridized carbons (Fsp3) is 0.0370. The summed E-state index contributed by atoms with van der Waals surface area (Å²) in [6.07, 6.45) is 7.16. The van der Waals surface area contributed by atoms with Crippen molar-refractivity contribution in [2.75, 3.05) is 9.80 Å². The summed E-state index contributed by atoms with van der Waals surface area (Å²) in [5.74, 6) is 0.250. The summed E-state index contributed by atoms with van der Waals surface area (Å²) in [5.41, 5.74) is 17.0. The van der Waals surface area contributed by atoms with Crippen LogP contribution < -0.4 is 9.80 Å². The molecule has 10 rings (SSSR count). The van der Waals surface area contributed by atoms with E-state index < -0.39 is 0 Å². The second kappa shape index (κ2) is 14.6. The van der Waals surface area contributed by atoms with Gasteiger partial charge in [0.25, 0.3) is 0 Å². The average molecular weight is 717 g/mol. The Bertz CT molecular complexity index is 2650. The standard InChI is InChI=1S/C54H40N2/c1-5-13-39(14-6-1)42-25-31-49(32-26-42)55(47-17-9-3-10-18-47)50-33-27-43(28-34-50)41-21-23-44(24-22-41)46-30-36-54-52(38-46)51-37-45(40-15-7-2-8-16-40)29-35-53(51)56(54)48-19-11-4-12-20-48/h1-38,51,53H. The lowest BCUT2D eigenvalue weighted by molar-refractivity contribution is 0.747. The molecule has 0 aromatic heterocycles. The molecule has 1 aliphatic heterocycles. The van der Waals surface area contributed by atoms with Gasteiger partial charge in [0.15, 0.2) is 0 Å². The highest BCUT2D eigenvalue weighted by molar-refractivity contribution is 5.85. The molecule has 2 atom stereocenters. The van der Waals surface area contributed by atoms with Crippen molar-refractivity contribution in [1.82, 2.24) is 0 Å². The Labute approximate surface area is 329 Å². The van der Waals surface area contributed by atoms with Crippen LogP contribution in [-0.4, -0.2) is 6.04 Å². The zero-order chi connectivity index (χ0) is 37.3. The number of anilines is 5. The van der Waals surface area contributed by atoms with Gasteiger partial charge in [-0.05, 0) is 111 Å². The topological polar surface area (TPSA) is 6.48 Å². The summed E-state index contributed by atoms with van der Waals surface area (Å²) in [5, 5.41) is 0. The van der Waals surface area contributed by atoms with Crippen LogP contribution in [0.2, 0.25) is 0 Å². The number of benzene rings is 8. The van der Waals surface area contributed by atoms with Gasteiger partial charge in [-0.2, -0.15) is 0 Å². The van der Waals surface area contributed by atoms with Gasteiger partial charge in [-0.15, -0.1) is 0 Å². The first kappa shape index (κ1) is 33.4. The number of rotatable bonds is 8.